The molecule has 128 valence electrons. The Hall–Kier alpha value is -1.64. The molecule has 0 saturated heterocycles. The fraction of sp³-hybridized carbons (Fsp3) is 0.619. The molecule has 1 N–H and O–H groups in total. The number of hydrogen-bond donors (Lipinski definition) is 1. The highest BCUT2D eigenvalue weighted by molar-refractivity contribution is 5.93. The smallest absolute Gasteiger partial charge is 0.142 e. The maximum absolute atomic E-state index is 13.0. The second-order valence-corrected chi connectivity index (χ2v) is 8.46. The van der Waals surface area contributed by atoms with Gasteiger partial charge in [-0.2, -0.15) is 0 Å². The van der Waals surface area contributed by atoms with Crippen LogP contribution in [0.15, 0.2) is 18.2 Å². The number of aryl methyl sites for hydroxylation is 1. The number of aromatic hydroxyl groups is 1. The van der Waals surface area contributed by atoms with Gasteiger partial charge in [-0.3, -0.25) is 4.79 Å². The van der Waals surface area contributed by atoms with Crippen LogP contribution in [0.5, 0.6) is 5.75 Å². The molecule has 0 aliphatic heterocycles. The molecule has 1 aromatic rings. The van der Waals surface area contributed by atoms with Crippen molar-refractivity contribution in [3.05, 3.63) is 29.3 Å². The summed E-state index contributed by atoms with van der Waals surface area (Å²) in [6, 6.07) is 5.80. The van der Waals surface area contributed by atoms with E-state index in [-0.39, 0.29) is 17.1 Å². The number of ketones is 2. The van der Waals surface area contributed by atoms with Gasteiger partial charge in [-0.05, 0) is 80.0 Å². The summed E-state index contributed by atoms with van der Waals surface area (Å²) in [5.74, 6) is 2.24. The van der Waals surface area contributed by atoms with Gasteiger partial charge in [-0.25, -0.2) is 0 Å². The zero-order valence-electron chi connectivity index (χ0n) is 14.5. The molecule has 1 aromatic carbocycles. The molecule has 3 nitrogen and oxygen atoms in total. The fourth-order valence-electron chi connectivity index (χ4n) is 6.03. The summed E-state index contributed by atoms with van der Waals surface area (Å²) in [4.78, 5) is 24.5. The molecule has 4 unspecified atom stereocenters. The van der Waals surface area contributed by atoms with Gasteiger partial charge < -0.3 is 9.90 Å². The molecule has 2 saturated carbocycles. The minimum absolute atomic E-state index is 0.0579. The van der Waals surface area contributed by atoms with Crippen molar-refractivity contribution in [1.82, 2.24) is 0 Å². The van der Waals surface area contributed by atoms with Gasteiger partial charge in [0.2, 0.25) is 0 Å². The average molecular weight is 326 g/mol. The first kappa shape index (κ1) is 15.9. The Balaban J connectivity index is 1.66. The van der Waals surface area contributed by atoms with Gasteiger partial charge in [-0.15, -0.1) is 0 Å². The lowest BCUT2D eigenvalue weighted by Gasteiger charge is -2.48. The molecule has 2 fully saturated rings. The largest absolute Gasteiger partial charge is 0.508 e. The average Bonchev–Trinajstić information content (AvgIpc) is 2.78. The molecule has 0 heterocycles. The monoisotopic (exact) mass is 326 g/mol. The summed E-state index contributed by atoms with van der Waals surface area (Å²) < 4.78 is 0. The number of carbonyl (C=O) groups is 2. The van der Waals surface area contributed by atoms with E-state index >= 15 is 0 Å². The molecule has 5 atom stereocenters. The summed E-state index contributed by atoms with van der Waals surface area (Å²) in [6.45, 7) is 3.76. The molecule has 4 rings (SSSR count). The first-order chi connectivity index (χ1) is 11.4. The van der Waals surface area contributed by atoms with E-state index in [0.717, 1.165) is 32.1 Å². The molecule has 0 bridgehead atoms. The number of benzene rings is 1. The molecule has 24 heavy (non-hydrogen) atoms. The summed E-state index contributed by atoms with van der Waals surface area (Å²) >= 11 is 0. The lowest BCUT2D eigenvalue weighted by atomic mass is 9.55. The number of rotatable bonds is 2. The Morgan fingerprint density at radius 1 is 1.33 bits per heavy atom. The minimum atomic E-state index is -0.226. The van der Waals surface area contributed by atoms with Crippen LogP contribution >= 0.6 is 0 Å². The zero-order valence-corrected chi connectivity index (χ0v) is 14.5. The van der Waals surface area contributed by atoms with Crippen LogP contribution in [-0.4, -0.2) is 16.7 Å². The highest BCUT2D eigenvalue weighted by Crippen LogP contribution is 2.61. The van der Waals surface area contributed by atoms with Crippen LogP contribution in [-0.2, 0) is 16.0 Å². The second-order valence-electron chi connectivity index (χ2n) is 8.46. The number of fused-ring (bicyclic) bond motifs is 5. The molecule has 0 spiro atoms. The Labute approximate surface area is 143 Å². The van der Waals surface area contributed by atoms with Crippen molar-refractivity contribution in [2.75, 3.05) is 0 Å². The number of phenols is 1. The third kappa shape index (κ3) is 2.24. The summed E-state index contributed by atoms with van der Waals surface area (Å²) in [5.41, 5.74) is 2.44. The molecule has 3 aliphatic carbocycles. The van der Waals surface area contributed by atoms with Crippen molar-refractivity contribution in [3.8, 4) is 5.75 Å². The maximum Gasteiger partial charge on any atom is 0.142 e. The van der Waals surface area contributed by atoms with Crippen molar-refractivity contribution >= 4 is 11.6 Å². The van der Waals surface area contributed by atoms with Gasteiger partial charge in [0, 0.05) is 17.8 Å². The van der Waals surface area contributed by atoms with E-state index in [2.05, 4.69) is 13.0 Å². The molecule has 0 aromatic heterocycles. The summed E-state index contributed by atoms with van der Waals surface area (Å²) in [5, 5.41) is 9.75. The quantitative estimate of drug-likeness (QED) is 0.893. The van der Waals surface area contributed by atoms with E-state index < -0.39 is 0 Å². The first-order valence-electron chi connectivity index (χ1n) is 9.25. The van der Waals surface area contributed by atoms with Gasteiger partial charge in [0.25, 0.3) is 0 Å². The Bertz CT molecular complexity index is 707. The van der Waals surface area contributed by atoms with E-state index in [1.54, 1.807) is 13.0 Å². The van der Waals surface area contributed by atoms with Crippen LogP contribution in [0.3, 0.4) is 0 Å². The van der Waals surface area contributed by atoms with Gasteiger partial charge in [0.15, 0.2) is 0 Å². The Morgan fingerprint density at radius 3 is 2.88 bits per heavy atom. The van der Waals surface area contributed by atoms with Crippen LogP contribution < -0.4 is 0 Å². The first-order valence-corrected chi connectivity index (χ1v) is 9.25. The molecule has 3 aliphatic rings. The van der Waals surface area contributed by atoms with E-state index in [4.69, 9.17) is 0 Å². The highest BCUT2D eigenvalue weighted by atomic mass is 16.3. The van der Waals surface area contributed by atoms with E-state index in [1.165, 1.54) is 11.1 Å². The van der Waals surface area contributed by atoms with Crippen LogP contribution in [0.25, 0.3) is 0 Å². The standard InChI is InChI=1S/C21H26O3/c1-12(22)9-14-11-19-18-5-3-13-10-15(23)4-6-16(13)17(18)7-8-21(19,2)20(14)24/h4,6,10,14,17-19,23H,3,5,7-9,11H2,1-2H3/t14?,17?,18?,19?,21-/m0/s1. The molecule has 0 radical (unpaired) electrons. The van der Waals surface area contributed by atoms with Crippen molar-refractivity contribution in [2.24, 2.45) is 23.2 Å². The predicted molar refractivity (Wildman–Crippen MR) is 91.9 cm³/mol. The van der Waals surface area contributed by atoms with Gasteiger partial charge >= 0.3 is 0 Å². The van der Waals surface area contributed by atoms with Crippen molar-refractivity contribution in [3.63, 3.8) is 0 Å². The van der Waals surface area contributed by atoms with Crippen LogP contribution in [0, 0.1) is 23.2 Å². The molecule has 3 heteroatoms. The topological polar surface area (TPSA) is 54.4 Å². The second kappa shape index (κ2) is 5.44. The molecule has 0 amide bonds. The number of carbonyl (C=O) groups excluding carboxylic acids is 2. The number of phenolic OH excluding ortho intramolecular Hbond substituents is 1. The van der Waals surface area contributed by atoms with E-state index in [0.29, 0.717) is 35.7 Å². The fourth-order valence-corrected chi connectivity index (χ4v) is 6.03. The highest BCUT2D eigenvalue weighted by Gasteiger charge is 2.57. The van der Waals surface area contributed by atoms with Gasteiger partial charge in [0.05, 0.1) is 0 Å². The lowest BCUT2D eigenvalue weighted by molar-refractivity contribution is -0.133. The Morgan fingerprint density at radius 2 is 2.12 bits per heavy atom. The third-order valence-electron chi connectivity index (χ3n) is 7.11. The molecular weight excluding hydrogens is 300 g/mol. The van der Waals surface area contributed by atoms with Crippen LogP contribution in [0.4, 0.5) is 0 Å². The Kier molecular flexibility index (Phi) is 3.59. The minimum Gasteiger partial charge on any atom is -0.508 e. The maximum atomic E-state index is 13.0. The predicted octanol–water partition coefficient (Wildman–Crippen LogP) is 4.02. The van der Waals surface area contributed by atoms with Crippen molar-refractivity contribution < 1.29 is 14.7 Å². The summed E-state index contributed by atoms with van der Waals surface area (Å²) in [7, 11) is 0. The molecular formula is C21H26O3. The van der Waals surface area contributed by atoms with E-state index in [1.807, 2.05) is 6.07 Å². The summed E-state index contributed by atoms with van der Waals surface area (Å²) in [6.07, 6.45) is 5.39. The van der Waals surface area contributed by atoms with Crippen LogP contribution in [0.2, 0.25) is 0 Å². The van der Waals surface area contributed by atoms with Crippen LogP contribution in [0.1, 0.15) is 63.0 Å². The van der Waals surface area contributed by atoms with E-state index in [9.17, 15) is 14.7 Å². The van der Waals surface area contributed by atoms with Gasteiger partial charge in [0.1, 0.15) is 17.3 Å². The zero-order chi connectivity index (χ0) is 17.1. The number of Topliss-reactive ketones (excluding diaryl/α,β-unsaturated/α-hetero) is 2. The van der Waals surface area contributed by atoms with Crippen molar-refractivity contribution in [1.29, 1.82) is 0 Å². The number of hydrogen-bond acceptors (Lipinski definition) is 3. The van der Waals surface area contributed by atoms with Gasteiger partial charge in [-0.1, -0.05) is 13.0 Å². The lowest BCUT2D eigenvalue weighted by Crippen LogP contribution is -2.42. The third-order valence-corrected chi connectivity index (χ3v) is 7.11. The normalized spacial score (nSPS) is 37.5. The SMILES string of the molecule is CC(=O)CC1CC2C3CCc4cc(O)ccc4C3CC[C@]2(C)C1=O. The van der Waals surface area contributed by atoms with Crippen molar-refractivity contribution in [2.45, 2.75) is 58.3 Å².